The molecule has 0 aliphatic rings. The van der Waals surface area contributed by atoms with Crippen LogP contribution < -0.4 is 10.2 Å². The summed E-state index contributed by atoms with van der Waals surface area (Å²) >= 11 is 0. The number of anilines is 2. The first kappa shape index (κ1) is 14.2. The second-order valence-electron chi connectivity index (χ2n) is 5.31. The molecule has 4 nitrogen and oxygen atoms in total. The van der Waals surface area contributed by atoms with E-state index < -0.39 is 0 Å². The van der Waals surface area contributed by atoms with Gasteiger partial charge in [0.25, 0.3) is 0 Å². The molecule has 0 aliphatic carbocycles. The van der Waals surface area contributed by atoms with Gasteiger partial charge in [-0.1, -0.05) is 30.3 Å². The lowest BCUT2D eigenvalue weighted by Crippen LogP contribution is -2.32. The van der Waals surface area contributed by atoms with E-state index in [2.05, 4.69) is 22.0 Å². The highest BCUT2D eigenvalue weighted by Gasteiger charge is 2.11. The Hall–Kier alpha value is -2.75. The van der Waals surface area contributed by atoms with Crippen LogP contribution in [0.2, 0.25) is 0 Å². The number of benzene rings is 2. The second kappa shape index (κ2) is 5.93. The van der Waals surface area contributed by atoms with E-state index >= 15 is 0 Å². The zero-order valence-electron chi connectivity index (χ0n) is 12.8. The highest BCUT2D eigenvalue weighted by atomic mass is 16.2. The van der Waals surface area contributed by atoms with Gasteiger partial charge in [-0.3, -0.25) is 4.79 Å². The largest absolute Gasteiger partial charge is 0.374 e. The third-order valence-electron chi connectivity index (χ3n) is 3.85. The van der Waals surface area contributed by atoms with E-state index in [1.165, 1.54) is 0 Å². The number of aromatic nitrogens is 1. The van der Waals surface area contributed by atoms with Gasteiger partial charge >= 0.3 is 0 Å². The molecule has 112 valence electrons. The summed E-state index contributed by atoms with van der Waals surface area (Å²) in [6, 6.07) is 17.8. The summed E-state index contributed by atoms with van der Waals surface area (Å²) in [7, 11) is 3.80. The van der Waals surface area contributed by atoms with Crippen LogP contribution in [0.1, 0.15) is 0 Å². The van der Waals surface area contributed by atoms with Crippen molar-refractivity contribution in [3.63, 3.8) is 0 Å². The zero-order chi connectivity index (χ0) is 15.5. The number of nitrogens with zero attached hydrogens (tertiary/aromatic N) is 2. The molecule has 0 aliphatic heterocycles. The van der Waals surface area contributed by atoms with E-state index in [0.29, 0.717) is 0 Å². The lowest BCUT2D eigenvalue weighted by Gasteiger charge is -2.18. The van der Waals surface area contributed by atoms with Crippen molar-refractivity contribution in [1.29, 1.82) is 0 Å². The Morgan fingerprint density at radius 2 is 1.86 bits per heavy atom. The molecule has 1 amide bonds. The third kappa shape index (κ3) is 2.68. The molecule has 0 atom stereocenters. The van der Waals surface area contributed by atoms with Gasteiger partial charge in [0.15, 0.2) is 0 Å². The van der Waals surface area contributed by atoms with Gasteiger partial charge in [0.05, 0.1) is 17.7 Å². The molecule has 0 saturated carbocycles. The summed E-state index contributed by atoms with van der Waals surface area (Å²) < 4.78 is 2.06. The van der Waals surface area contributed by atoms with Crippen molar-refractivity contribution < 1.29 is 4.79 Å². The maximum Gasteiger partial charge on any atom is 0.246 e. The minimum absolute atomic E-state index is 0.0254. The van der Waals surface area contributed by atoms with Crippen molar-refractivity contribution in [2.24, 2.45) is 7.05 Å². The highest BCUT2D eigenvalue weighted by molar-refractivity contribution is 5.98. The van der Waals surface area contributed by atoms with Gasteiger partial charge in [-0.05, 0) is 24.3 Å². The van der Waals surface area contributed by atoms with Crippen LogP contribution >= 0.6 is 0 Å². The molecule has 0 bridgehead atoms. The number of fused-ring (bicyclic) bond motifs is 1. The fraction of sp³-hybridized carbons (Fsp3) is 0.167. The monoisotopic (exact) mass is 293 g/mol. The molecule has 1 aromatic heterocycles. The molecule has 2 aromatic carbocycles. The minimum atomic E-state index is 0.0254. The molecule has 1 N–H and O–H groups in total. The van der Waals surface area contributed by atoms with Crippen LogP contribution in [0, 0.1) is 0 Å². The van der Waals surface area contributed by atoms with Gasteiger partial charge in [0.1, 0.15) is 0 Å². The van der Waals surface area contributed by atoms with Crippen LogP contribution in [0.15, 0.2) is 60.8 Å². The summed E-state index contributed by atoms with van der Waals surface area (Å²) in [5, 5.41) is 4.42. The van der Waals surface area contributed by atoms with Crippen molar-refractivity contribution in [2.75, 3.05) is 23.8 Å². The number of para-hydroxylation sites is 2. The molecular weight excluding hydrogens is 274 g/mol. The van der Waals surface area contributed by atoms with E-state index in [-0.39, 0.29) is 12.5 Å². The van der Waals surface area contributed by atoms with Crippen LogP contribution in [0.3, 0.4) is 0 Å². The number of carbonyl (C=O) groups excluding carboxylic acids is 1. The van der Waals surface area contributed by atoms with Gasteiger partial charge in [-0.15, -0.1) is 0 Å². The van der Waals surface area contributed by atoms with Crippen molar-refractivity contribution in [2.45, 2.75) is 0 Å². The Morgan fingerprint density at radius 3 is 2.64 bits per heavy atom. The third-order valence-corrected chi connectivity index (χ3v) is 3.85. The Morgan fingerprint density at radius 1 is 1.09 bits per heavy atom. The van der Waals surface area contributed by atoms with Crippen LogP contribution in [0.25, 0.3) is 10.9 Å². The first-order chi connectivity index (χ1) is 10.7. The summed E-state index contributed by atoms with van der Waals surface area (Å²) in [4.78, 5) is 14.0. The molecule has 0 spiro atoms. The Balaban J connectivity index is 1.74. The van der Waals surface area contributed by atoms with Crippen LogP contribution in [0.4, 0.5) is 11.4 Å². The molecule has 1 heterocycles. The number of carbonyl (C=O) groups is 1. The summed E-state index contributed by atoms with van der Waals surface area (Å²) in [6.07, 6.45) is 2.02. The Kier molecular flexibility index (Phi) is 3.83. The lowest BCUT2D eigenvalue weighted by molar-refractivity contribution is -0.116. The fourth-order valence-electron chi connectivity index (χ4n) is 2.58. The molecule has 0 unspecified atom stereocenters. The number of rotatable bonds is 4. The number of nitrogens with one attached hydrogen (secondary N) is 1. The Labute approximate surface area is 130 Å². The maximum atomic E-state index is 12.3. The summed E-state index contributed by atoms with van der Waals surface area (Å²) in [5.41, 5.74) is 2.98. The molecule has 4 heteroatoms. The molecule has 0 fully saturated rings. The van der Waals surface area contributed by atoms with Gasteiger partial charge in [-0.2, -0.15) is 0 Å². The van der Waals surface area contributed by atoms with Crippen molar-refractivity contribution in [1.82, 2.24) is 4.57 Å². The van der Waals surface area contributed by atoms with Crippen LogP contribution in [-0.2, 0) is 11.8 Å². The van der Waals surface area contributed by atoms with Crippen molar-refractivity contribution in [3.8, 4) is 0 Å². The van der Waals surface area contributed by atoms with E-state index in [1.54, 1.807) is 11.9 Å². The van der Waals surface area contributed by atoms with Gasteiger partial charge in [-0.25, -0.2) is 0 Å². The van der Waals surface area contributed by atoms with E-state index in [1.807, 2.05) is 55.7 Å². The Bertz CT molecular complexity index is 792. The van der Waals surface area contributed by atoms with E-state index in [9.17, 15) is 4.79 Å². The molecule has 3 rings (SSSR count). The highest BCUT2D eigenvalue weighted by Crippen LogP contribution is 2.23. The number of hydrogen-bond acceptors (Lipinski definition) is 2. The first-order valence-electron chi connectivity index (χ1n) is 7.26. The number of aryl methyl sites for hydroxylation is 1. The smallest absolute Gasteiger partial charge is 0.246 e. The van der Waals surface area contributed by atoms with Gasteiger partial charge in [0.2, 0.25) is 5.91 Å². The quantitative estimate of drug-likeness (QED) is 0.801. The molecule has 0 radical (unpaired) electrons. The topological polar surface area (TPSA) is 37.3 Å². The van der Waals surface area contributed by atoms with Gasteiger partial charge in [0, 0.05) is 31.4 Å². The van der Waals surface area contributed by atoms with Crippen LogP contribution in [-0.4, -0.2) is 24.1 Å². The predicted molar refractivity (Wildman–Crippen MR) is 91.3 cm³/mol. The predicted octanol–water partition coefficient (Wildman–Crippen LogP) is 3.25. The first-order valence-corrected chi connectivity index (χ1v) is 7.26. The standard InChI is InChI=1S/C18H19N3O/c1-20-12-11-14-7-6-10-16(18(14)20)19-13-17(22)21(2)15-8-4-3-5-9-15/h3-12,19H,13H2,1-2H3. The SMILES string of the molecule is CN(C(=O)CNc1cccc2ccn(C)c12)c1ccccc1. The van der Waals surface area contributed by atoms with E-state index in [4.69, 9.17) is 0 Å². The molecule has 0 saturated heterocycles. The summed E-state index contributed by atoms with van der Waals surface area (Å²) in [6.45, 7) is 0.260. The van der Waals surface area contributed by atoms with Crippen molar-refractivity contribution >= 4 is 28.2 Å². The summed E-state index contributed by atoms with van der Waals surface area (Å²) in [5.74, 6) is 0.0254. The minimum Gasteiger partial charge on any atom is -0.374 e. The lowest BCUT2D eigenvalue weighted by atomic mass is 10.2. The number of amides is 1. The van der Waals surface area contributed by atoms with Crippen LogP contribution in [0.5, 0.6) is 0 Å². The average Bonchev–Trinajstić information content (AvgIpc) is 2.95. The fourth-order valence-corrected chi connectivity index (χ4v) is 2.58. The zero-order valence-corrected chi connectivity index (χ0v) is 12.8. The molecular formula is C18H19N3O. The average molecular weight is 293 g/mol. The molecule has 22 heavy (non-hydrogen) atoms. The second-order valence-corrected chi connectivity index (χ2v) is 5.31. The normalized spacial score (nSPS) is 10.6. The maximum absolute atomic E-state index is 12.3. The number of likely N-dealkylation sites (N-methyl/N-ethyl adjacent to an activating group) is 1. The number of hydrogen-bond donors (Lipinski definition) is 1. The molecule has 3 aromatic rings. The van der Waals surface area contributed by atoms with Gasteiger partial charge < -0.3 is 14.8 Å². The van der Waals surface area contributed by atoms with Crippen molar-refractivity contribution in [3.05, 3.63) is 60.8 Å². The van der Waals surface area contributed by atoms with E-state index in [0.717, 1.165) is 22.3 Å².